The average Bonchev–Trinajstić information content (AvgIpc) is 2.64. The average molecular weight is 568 g/mol. The van der Waals surface area contributed by atoms with Crippen molar-refractivity contribution >= 4 is 0 Å². The molecule has 0 saturated carbocycles. The molecule has 0 amide bonds. The van der Waals surface area contributed by atoms with Crippen molar-refractivity contribution in [2.75, 3.05) is 0 Å². The fourth-order valence-corrected chi connectivity index (χ4v) is 4.42. The van der Waals surface area contributed by atoms with E-state index in [2.05, 4.69) is 175 Å². The van der Waals surface area contributed by atoms with Gasteiger partial charge in [-0.15, -0.1) is 33.2 Å². The van der Waals surface area contributed by atoms with E-state index in [0.29, 0.717) is 0 Å². The van der Waals surface area contributed by atoms with Gasteiger partial charge >= 0.3 is 21.7 Å². The van der Waals surface area contributed by atoms with Gasteiger partial charge in [0.15, 0.2) is 0 Å². The molecule has 38 heavy (non-hydrogen) atoms. The number of hydrogen-bond donors (Lipinski definition) is 0. The normalized spacial score (nSPS) is 12.7. The Kier molecular flexibility index (Phi) is 19.4. The van der Waals surface area contributed by atoms with Crippen LogP contribution in [-0.2, 0) is 21.7 Å². The third kappa shape index (κ3) is 30.5. The van der Waals surface area contributed by atoms with Crippen LogP contribution in [-0.4, -0.2) is 33.2 Å². The van der Waals surface area contributed by atoms with Gasteiger partial charge in [0, 0.05) is 0 Å². The molecule has 0 N–H and O–H groups in total. The third-order valence-corrected chi connectivity index (χ3v) is 4.82. The summed E-state index contributed by atoms with van der Waals surface area (Å²) in [6.45, 7) is 49.2. The van der Waals surface area contributed by atoms with Crippen LogP contribution in [0.5, 0.6) is 0 Å². The molecule has 0 aromatic heterocycles. The second-order valence-corrected chi connectivity index (χ2v) is 16.5. The Morgan fingerprint density at radius 2 is 0.500 bits per heavy atom. The molecule has 0 atom stereocenters. The van der Waals surface area contributed by atoms with Gasteiger partial charge in [-0.1, -0.05) is 159 Å². The largest absolute Gasteiger partial charge is 4.00 e. The molecule has 1 aromatic rings. The monoisotopic (exact) mass is 567 g/mol. The Morgan fingerprint density at radius 3 is 0.526 bits per heavy atom. The maximum Gasteiger partial charge on any atom is 4.00 e. The molecule has 0 unspecified atom stereocenters. The van der Waals surface area contributed by atoms with Crippen molar-refractivity contribution in [1.29, 1.82) is 0 Å². The van der Waals surface area contributed by atoms with Crippen molar-refractivity contribution < 1.29 is 21.7 Å². The molecular formula is C34H69N3Ti. The van der Waals surface area contributed by atoms with Gasteiger partial charge in [-0.2, -0.15) is 27.8 Å². The Bertz CT molecular complexity index is 582. The first-order chi connectivity index (χ1) is 15.7. The molecule has 1 rings (SSSR count). The van der Waals surface area contributed by atoms with Gasteiger partial charge in [0.25, 0.3) is 0 Å². The van der Waals surface area contributed by atoms with E-state index in [1.165, 1.54) is 27.8 Å². The Balaban J connectivity index is -0.000000201. The van der Waals surface area contributed by atoms with Crippen molar-refractivity contribution in [3.05, 3.63) is 43.8 Å². The van der Waals surface area contributed by atoms with Crippen LogP contribution in [0.2, 0.25) is 0 Å². The summed E-state index contributed by atoms with van der Waals surface area (Å²) in [6, 6.07) is 0. The molecule has 0 radical (unpaired) electrons. The van der Waals surface area contributed by atoms with Crippen LogP contribution in [0, 0.1) is 34.6 Å². The Hall–Kier alpha value is -0.0557. The molecule has 3 nitrogen and oxygen atoms in total. The van der Waals surface area contributed by atoms with Crippen molar-refractivity contribution in [2.24, 2.45) is 0 Å². The van der Waals surface area contributed by atoms with Crippen molar-refractivity contribution in [1.82, 2.24) is 0 Å². The minimum Gasteiger partial charge on any atom is -0.653 e. The standard InChI is InChI=1S/C10H15.3C8H18N.Ti/c1-6-7(2)9(4)10(5)8(6)3;3*1-7(2,3)9-8(4,5)6;/h1-5H3;3*1-6H3;/q4*-1;+4. The zero-order valence-corrected chi connectivity index (χ0v) is 31.9. The first-order valence-electron chi connectivity index (χ1n) is 14.1. The maximum absolute atomic E-state index is 4.54. The molecule has 0 saturated heterocycles. The second kappa shape index (κ2) is 16.4. The number of hydrogen-bond acceptors (Lipinski definition) is 0. The predicted octanol–water partition coefficient (Wildman–Crippen LogP) is 11.8. The van der Waals surface area contributed by atoms with Crippen LogP contribution in [0.25, 0.3) is 16.0 Å². The molecule has 0 bridgehead atoms. The SMILES string of the molecule is CC(C)(C)[N-]C(C)(C)C.CC(C)(C)[N-]C(C)(C)C.CC(C)(C)[N-]C(C)(C)C.Cc1c(C)c(C)[c-](C)c1C.[Ti+4]. The summed E-state index contributed by atoms with van der Waals surface area (Å²) >= 11 is 0. The fourth-order valence-electron chi connectivity index (χ4n) is 4.42. The zero-order valence-electron chi connectivity index (χ0n) is 30.3. The first kappa shape index (κ1) is 44.9. The van der Waals surface area contributed by atoms with Crippen LogP contribution >= 0.6 is 0 Å². The van der Waals surface area contributed by atoms with E-state index in [1.807, 2.05) is 0 Å². The minimum absolute atomic E-state index is 0. The van der Waals surface area contributed by atoms with Gasteiger partial charge in [0.1, 0.15) is 0 Å². The molecule has 224 valence electrons. The fraction of sp³-hybridized carbons (Fsp3) is 0.853. The van der Waals surface area contributed by atoms with Crippen LogP contribution < -0.4 is 0 Å². The smallest absolute Gasteiger partial charge is 0.653 e. The molecule has 0 aliphatic rings. The molecule has 4 heteroatoms. The van der Waals surface area contributed by atoms with E-state index >= 15 is 0 Å². The Morgan fingerprint density at radius 1 is 0.368 bits per heavy atom. The summed E-state index contributed by atoms with van der Waals surface area (Å²) in [5.41, 5.74) is 7.99. The van der Waals surface area contributed by atoms with E-state index in [4.69, 9.17) is 0 Å². The van der Waals surface area contributed by atoms with Gasteiger partial charge in [0.05, 0.1) is 0 Å². The molecule has 0 fully saturated rings. The van der Waals surface area contributed by atoms with Crippen LogP contribution in [0.4, 0.5) is 0 Å². The molecule has 0 heterocycles. The maximum atomic E-state index is 4.54. The summed E-state index contributed by atoms with van der Waals surface area (Å²) in [5.74, 6) is 0. The second-order valence-electron chi connectivity index (χ2n) is 16.5. The van der Waals surface area contributed by atoms with Crippen molar-refractivity contribution in [3.63, 3.8) is 0 Å². The number of nitrogens with zero attached hydrogens (tertiary/aromatic N) is 3. The van der Waals surface area contributed by atoms with E-state index in [-0.39, 0.29) is 55.0 Å². The molecular weight excluding hydrogens is 498 g/mol. The van der Waals surface area contributed by atoms with E-state index < -0.39 is 0 Å². The molecule has 0 aliphatic carbocycles. The molecule has 1 aromatic carbocycles. The predicted molar refractivity (Wildman–Crippen MR) is 174 cm³/mol. The third-order valence-electron chi connectivity index (χ3n) is 4.82. The summed E-state index contributed by atoms with van der Waals surface area (Å²) in [6.07, 6.45) is 0. The van der Waals surface area contributed by atoms with Gasteiger partial charge < -0.3 is 16.0 Å². The summed E-state index contributed by atoms with van der Waals surface area (Å²) in [5, 5.41) is 13.6. The Labute approximate surface area is 257 Å². The summed E-state index contributed by atoms with van der Waals surface area (Å²) in [4.78, 5) is 0. The number of rotatable bonds is 0. The van der Waals surface area contributed by atoms with Gasteiger partial charge in [0.2, 0.25) is 0 Å². The van der Waals surface area contributed by atoms with Gasteiger partial charge in [-0.05, 0) is 0 Å². The first-order valence-corrected chi connectivity index (χ1v) is 14.1. The van der Waals surface area contributed by atoms with E-state index in [0.717, 1.165) is 0 Å². The van der Waals surface area contributed by atoms with Gasteiger partial charge in [-0.25, -0.2) is 0 Å². The van der Waals surface area contributed by atoms with Crippen LogP contribution in [0.15, 0.2) is 0 Å². The summed E-state index contributed by atoms with van der Waals surface area (Å²) < 4.78 is 0. The quantitative estimate of drug-likeness (QED) is 0.221. The topological polar surface area (TPSA) is 42.3 Å². The van der Waals surface area contributed by atoms with Crippen LogP contribution in [0.1, 0.15) is 152 Å². The summed E-state index contributed by atoms with van der Waals surface area (Å²) in [7, 11) is 0. The minimum atomic E-state index is 0. The van der Waals surface area contributed by atoms with E-state index in [9.17, 15) is 0 Å². The van der Waals surface area contributed by atoms with Gasteiger partial charge in [-0.3, -0.25) is 0 Å². The van der Waals surface area contributed by atoms with Crippen molar-refractivity contribution in [2.45, 2.75) is 192 Å². The van der Waals surface area contributed by atoms with E-state index in [1.54, 1.807) is 0 Å². The zero-order chi connectivity index (χ0) is 31.0. The molecule has 0 spiro atoms. The van der Waals surface area contributed by atoms with Crippen molar-refractivity contribution in [3.8, 4) is 0 Å². The molecule has 0 aliphatic heterocycles. The van der Waals surface area contributed by atoms with Crippen LogP contribution in [0.3, 0.4) is 0 Å².